The fourth-order valence-corrected chi connectivity index (χ4v) is 3.66. The first-order chi connectivity index (χ1) is 15.8. The van der Waals surface area contributed by atoms with Gasteiger partial charge in [0, 0.05) is 50.2 Å². The van der Waals surface area contributed by atoms with Crippen molar-refractivity contribution in [3.8, 4) is 17.3 Å². The van der Waals surface area contributed by atoms with Crippen LogP contribution in [0.2, 0.25) is 0 Å². The monoisotopic (exact) mass is 426 g/mol. The number of rotatable bonds is 5. The average molecular weight is 426 g/mol. The van der Waals surface area contributed by atoms with E-state index in [2.05, 4.69) is 19.9 Å². The van der Waals surface area contributed by atoms with Crippen LogP contribution in [0.15, 0.2) is 85.7 Å². The molecule has 1 amide bonds. The Hall–Kier alpha value is -4.20. The molecule has 0 saturated carbocycles. The van der Waals surface area contributed by atoms with Gasteiger partial charge in [0.1, 0.15) is 35.8 Å². The minimum atomic E-state index is 0.0257. The van der Waals surface area contributed by atoms with E-state index in [4.69, 9.17) is 4.74 Å². The number of benzene rings is 2. The summed E-state index contributed by atoms with van der Waals surface area (Å²) in [4.78, 5) is 29.8. The van der Waals surface area contributed by atoms with Gasteiger partial charge in [0.2, 0.25) is 0 Å². The van der Waals surface area contributed by atoms with E-state index in [1.807, 2.05) is 76.3 Å². The molecule has 0 atom stereocenters. The average Bonchev–Trinajstić information content (AvgIpc) is 3.40. The molecule has 0 radical (unpaired) electrons. The van der Waals surface area contributed by atoms with Crippen molar-refractivity contribution in [3.63, 3.8) is 0 Å². The number of imidazole rings is 1. The first kappa shape index (κ1) is 19.7. The second-order valence-corrected chi connectivity index (χ2v) is 7.42. The Balaban J connectivity index is 1.20. The SMILES string of the molecule is O=C(c1ccc(Oc2ccccc2)cc1)N1CCN(c2cc(-n3ccnc3)ncn2)CC1. The molecule has 32 heavy (non-hydrogen) atoms. The third-order valence-electron chi connectivity index (χ3n) is 5.38. The van der Waals surface area contributed by atoms with Crippen molar-refractivity contribution in [1.82, 2.24) is 24.4 Å². The van der Waals surface area contributed by atoms with Crippen LogP contribution in [0.5, 0.6) is 11.5 Å². The number of hydrogen-bond acceptors (Lipinski definition) is 6. The lowest BCUT2D eigenvalue weighted by Gasteiger charge is -2.35. The second kappa shape index (κ2) is 8.89. The standard InChI is InChI=1S/C24H22N6O2/c31-24(19-6-8-21(9-7-19)32-20-4-2-1-3-5-20)29-14-12-28(13-15-29)22-16-23(27-17-26-22)30-11-10-25-18-30/h1-11,16-18H,12-15H2. The zero-order chi connectivity index (χ0) is 21.8. The predicted molar refractivity (Wildman–Crippen MR) is 120 cm³/mol. The van der Waals surface area contributed by atoms with Crippen LogP contribution in [0.1, 0.15) is 10.4 Å². The molecule has 2 aromatic heterocycles. The molecule has 1 aliphatic heterocycles. The lowest BCUT2D eigenvalue weighted by atomic mass is 10.1. The van der Waals surface area contributed by atoms with Crippen LogP contribution in [0.4, 0.5) is 5.82 Å². The Morgan fingerprint density at radius 2 is 1.56 bits per heavy atom. The first-order valence-electron chi connectivity index (χ1n) is 10.4. The van der Waals surface area contributed by atoms with E-state index in [0.29, 0.717) is 37.5 Å². The van der Waals surface area contributed by atoms with Crippen LogP contribution in [-0.4, -0.2) is 56.5 Å². The Labute approximate surface area is 185 Å². The summed E-state index contributed by atoms with van der Waals surface area (Å²) >= 11 is 0. The number of hydrogen-bond donors (Lipinski definition) is 0. The zero-order valence-electron chi connectivity index (χ0n) is 17.4. The number of para-hydroxylation sites is 1. The van der Waals surface area contributed by atoms with Crippen LogP contribution in [-0.2, 0) is 0 Å². The largest absolute Gasteiger partial charge is 0.457 e. The molecule has 1 aliphatic rings. The van der Waals surface area contributed by atoms with Crippen molar-refractivity contribution in [3.05, 3.63) is 91.3 Å². The first-order valence-corrected chi connectivity index (χ1v) is 10.4. The fourth-order valence-electron chi connectivity index (χ4n) is 3.66. The highest BCUT2D eigenvalue weighted by molar-refractivity contribution is 5.94. The Morgan fingerprint density at radius 1 is 0.844 bits per heavy atom. The summed E-state index contributed by atoms with van der Waals surface area (Å²) in [7, 11) is 0. The molecule has 8 nitrogen and oxygen atoms in total. The smallest absolute Gasteiger partial charge is 0.253 e. The van der Waals surface area contributed by atoms with Gasteiger partial charge in [-0.05, 0) is 36.4 Å². The second-order valence-electron chi connectivity index (χ2n) is 7.42. The Bertz CT molecular complexity index is 1170. The molecular weight excluding hydrogens is 404 g/mol. The minimum Gasteiger partial charge on any atom is -0.457 e. The highest BCUT2D eigenvalue weighted by atomic mass is 16.5. The molecule has 1 saturated heterocycles. The van der Waals surface area contributed by atoms with E-state index in [-0.39, 0.29) is 5.91 Å². The van der Waals surface area contributed by atoms with Gasteiger partial charge in [-0.15, -0.1) is 0 Å². The normalized spacial score (nSPS) is 13.8. The maximum atomic E-state index is 13.0. The summed E-state index contributed by atoms with van der Waals surface area (Å²) in [5, 5.41) is 0. The van der Waals surface area contributed by atoms with Gasteiger partial charge in [-0.25, -0.2) is 15.0 Å². The van der Waals surface area contributed by atoms with E-state index in [9.17, 15) is 4.79 Å². The summed E-state index contributed by atoms with van der Waals surface area (Å²) in [6, 6.07) is 18.8. The summed E-state index contributed by atoms with van der Waals surface area (Å²) in [5.41, 5.74) is 0.656. The van der Waals surface area contributed by atoms with Crippen LogP contribution in [0.25, 0.3) is 5.82 Å². The van der Waals surface area contributed by atoms with E-state index < -0.39 is 0 Å². The van der Waals surface area contributed by atoms with Crippen molar-refractivity contribution in [1.29, 1.82) is 0 Å². The van der Waals surface area contributed by atoms with Crippen LogP contribution in [0.3, 0.4) is 0 Å². The number of ether oxygens (including phenoxy) is 1. The molecule has 0 unspecified atom stereocenters. The van der Waals surface area contributed by atoms with Crippen molar-refractivity contribution in [2.75, 3.05) is 31.1 Å². The topological polar surface area (TPSA) is 76.4 Å². The third kappa shape index (κ3) is 4.29. The van der Waals surface area contributed by atoms with Crippen LogP contribution >= 0.6 is 0 Å². The van der Waals surface area contributed by atoms with Gasteiger partial charge in [-0.3, -0.25) is 9.36 Å². The molecule has 8 heteroatoms. The van der Waals surface area contributed by atoms with Gasteiger partial charge in [0.15, 0.2) is 0 Å². The lowest BCUT2D eigenvalue weighted by molar-refractivity contribution is 0.0746. The van der Waals surface area contributed by atoms with Crippen molar-refractivity contribution >= 4 is 11.7 Å². The van der Waals surface area contributed by atoms with Crippen molar-refractivity contribution in [2.45, 2.75) is 0 Å². The number of nitrogens with zero attached hydrogens (tertiary/aromatic N) is 6. The fraction of sp³-hybridized carbons (Fsp3) is 0.167. The predicted octanol–water partition coefficient (Wildman–Crippen LogP) is 3.42. The highest BCUT2D eigenvalue weighted by Gasteiger charge is 2.23. The van der Waals surface area contributed by atoms with Gasteiger partial charge >= 0.3 is 0 Å². The van der Waals surface area contributed by atoms with Crippen molar-refractivity contribution in [2.24, 2.45) is 0 Å². The van der Waals surface area contributed by atoms with Gasteiger partial charge in [-0.1, -0.05) is 18.2 Å². The number of carbonyl (C=O) groups is 1. The molecular formula is C24H22N6O2. The number of piperazine rings is 1. The minimum absolute atomic E-state index is 0.0257. The molecule has 0 aliphatic carbocycles. The van der Waals surface area contributed by atoms with Crippen LogP contribution < -0.4 is 9.64 Å². The lowest BCUT2D eigenvalue weighted by Crippen LogP contribution is -2.49. The molecule has 5 rings (SSSR count). The zero-order valence-corrected chi connectivity index (χ0v) is 17.4. The van der Waals surface area contributed by atoms with Gasteiger partial charge < -0.3 is 14.5 Å². The molecule has 3 heterocycles. The van der Waals surface area contributed by atoms with Crippen molar-refractivity contribution < 1.29 is 9.53 Å². The number of aromatic nitrogens is 4. The van der Waals surface area contributed by atoms with E-state index >= 15 is 0 Å². The maximum Gasteiger partial charge on any atom is 0.253 e. The van der Waals surface area contributed by atoms with E-state index in [1.54, 1.807) is 18.9 Å². The summed E-state index contributed by atoms with van der Waals surface area (Å²) < 4.78 is 7.65. The summed E-state index contributed by atoms with van der Waals surface area (Å²) in [6.45, 7) is 2.68. The van der Waals surface area contributed by atoms with E-state index in [0.717, 1.165) is 17.4 Å². The molecule has 4 aromatic rings. The maximum absolute atomic E-state index is 13.0. The number of anilines is 1. The number of amides is 1. The number of carbonyl (C=O) groups excluding carboxylic acids is 1. The molecule has 160 valence electrons. The summed E-state index contributed by atoms with van der Waals surface area (Å²) in [5.74, 6) is 3.11. The molecule has 1 fully saturated rings. The quantitative estimate of drug-likeness (QED) is 0.487. The Kier molecular flexibility index (Phi) is 5.48. The Morgan fingerprint density at radius 3 is 2.28 bits per heavy atom. The van der Waals surface area contributed by atoms with E-state index in [1.165, 1.54) is 0 Å². The summed E-state index contributed by atoms with van der Waals surface area (Å²) in [6.07, 6.45) is 6.82. The molecule has 0 bridgehead atoms. The molecule has 0 N–H and O–H groups in total. The van der Waals surface area contributed by atoms with Gasteiger partial charge in [0.25, 0.3) is 5.91 Å². The highest BCUT2D eigenvalue weighted by Crippen LogP contribution is 2.22. The van der Waals surface area contributed by atoms with Gasteiger partial charge in [0.05, 0.1) is 0 Å². The van der Waals surface area contributed by atoms with Gasteiger partial charge in [-0.2, -0.15) is 0 Å². The molecule has 2 aromatic carbocycles. The molecule has 0 spiro atoms. The van der Waals surface area contributed by atoms with Crippen LogP contribution in [0, 0.1) is 0 Å². The third-order valence-corrected chi connectivity index (χ3v) is 5.38.